The monoisotopic (exact) mass is 391 g/mol. The molecular weight excluding hydrogens is 378 g/mol. The molecule has 1 aliphatic rings. The van der Waals surface area contributed by atoms with Crippen LogP contribution >= 0.6 is 31.9 Å². The molecule has 1 N–H and O–H groups in total. The number of hydrogen-bond donors (Lipinski definition) is 1. The highest BCUT2D eigenvalue weighted by molar-refractivity contribution is 9.11. The van der Waals surface area contributed by atoms with Gasteiger partial charge >= 0.3 is 5.97 Å². The maximum atomic E-state index is 11.6. The van der Waals surface area contributed by atoms with Gasteiger partial charge in [-0.1, -0.05) is 0 Å². The van der Waals surface area contributed by atoms with E-state index >= 15 is 0 Å². The Morgan fingerprint density at radius 1 is 1.37 bits per heavy atom. The molecule has 5 nitrogen and oxygen atoms in total. The van der Waals surface area contributed by atoms with Crippen LogP contribution in [0.1, 0.15) is 11.7 Å². The molecule has 2 rings (SSSR count). The fourth-order valence-corrected chi connectivity index (χ4v) is 3.36. The molecule has 1 aromatic rings. The molecule has 0 amide bonds. The molecule has 19 heavy (non-hydrogen) atoms. The van der Waals surface area contributed by atoms with Crippen molar-refractivity contribution in [1.82, 2.24) is 14.8 Å². The average molecular weight is 393 g/mol. The van der Waals surface area contributed by atoms with E-state index in [0.717, 1.165) is 30.7 Å². The molecule has 0 spiro atoms. The van der Waals surface area contributed by atoms with Gasteiger partial charge in [0.05, 0.1) is 5.69 Å². The van der Waals surface area contributed by atoms with Crippen molar-refractivity contribution in [2.24, 2.45) is 0 Å². The van der Waals surface area contributed by atoms with Crippen molar-refractivity contribution < 1.29 is 9.90 Å². The summed E-state index contributed by atoms with van der Waals surface area (Å²) in [6.07, 6.45) is 1.63. The van der Waals surface area contributed by atoms with Crippen molar-refractivity contribution in [3.05, 3.63) is 26.9 Å². The van der Waals surface area contributed by atoms with Crippen LogP contribution in [0, 0.1) is 0 Å². The van der Waals surface area contributed by atoms with Crippen LogP contribution in [-0.2, 0) is 4.79 Å². The maximum absolute atomic E-state index is 11.6. The van der Waals surface area contributed by atoms with Crippen LogP contribution in [0.2, 0.25) is 0 Å². The molecule has 7 heteroatoms. The van der Waals surface area contributed by atoms with E-state index < -0.39 is 12.0 Å². The molecule has 0 aromatic carbocycles. The predicted octanol–water partition coefficient (Wildman–Crippen LogP) is 1.98. The molecule has 1 aromatic heterocycles. The van der Waals surface area contributed by atoms with Gasteiger partial charge < -0.3 is 10.0 Å². The minimum absolute atomic E-state index is 0.556. The number of aromatic nitrogens is 1. The number of carbonyl (C=O) groups is 1. The van der Waals surface area contributed by atoms with E-state index in [2.05, 4.69) is 41.7 Å². The van der Waals surface area contributed by atoms with E-state index in [1.165, 1.54) is 0 Å². The van der Waals surface area contributed by atoms with Gasteiger partial charge in [-0.15, -0.1) is 0 Å². The van der Waals surface area contributed by atoms with Gasteiger partial charge in [0.2, 0.25) is 0 Å². The first-order valence-electron chi connectivity index (χ1n) is 5.95. The number of carboxylic acids is 1. The molecule has 1 fully saturated rings. The third-order valence-electron chi connectivity index (χ3n) is 3.23. The zero-order valence-corrected chi connectivity index (χ0v) is 13.7. The second-order valence-corrected chi connectivity index (χ2v) is 6.37. The van der Waals surface area contributed by atoms with Gasteiger partial charge in [-0.2, -0.15) is 0 Å². The lowest BCUT2D eigenvalue weighted by molar-refractivity contribution is -0.144. The van der Waals surface area contributed by atoms with Crippen LogP contribution in [0.4, 0.5) is 0 Å². The van der Waals surface area contributed by atoms with Gasteiger partial charge in [0.1, 0.15) is 0 Å². The number of likely N-dealkylation sites (N-methyl/N-ethyl adjacent to an activating group) is 1. The SMILES string of the molecule is CN1CCN(C(C(=O)O)c2ncc(Br)cc2Br)CC1. The van der Waals surface area contributed by atoms with Crippen molar-refractivity contribution in [3.63, 3.8) is 0 Å². The lowest BCUT2D eigenvalue weighted by Gasteiger charge is -2.36. The largest absolute Gasteiger partial charge is 0.480 e. The van der Waals surface area contributed by atoms with Crippen LogP contribution in [0.5, 0.6) is 0 Å². The zero-order valence-electron chi connectivity index (χ0n) is 10.5. The summed E-state index contributed by atoms with van der Waals surface area (Å²) < 4.78 is 1.54. The van der Waals surface area contributed by atoms with Crippen molar-refractivity contribution >= 4 is 37.8 Å². The third-order valence-corrected chi connectivity index (χ3v) is 4.30. The summed E-state index contributed by atoms with van der Waals surface area (Å²) in [6.45, 7) is 3.21. The van der Waals surface area contributed by atoms with E-state index in [0.29, 0.717) is 10.2 Å². The Kier molecular flexibility index (Phi) is 4.94. The number of halogens is 2. The van der Waals surface area contributed by atoms with E-state index in [1.54, 1.807) is 6.20 Å². The number of piperazine rings is 1. The van der Waals surface area contributed by atoms with Crippen LogP contribution in [0.3, 0.4) is 0 Å². The Balaban J connectivity index is 2.27. The first-order valence-corrected chi connectivity index (χ1v) is 7.54. The molecule has 2 heterocycles. The summed E-state index contributed by atoms with van der Waals surface area (Å²) in [5, 5.41) is 9.51. The molecule has 1 atom stereocenters. The second-order valence-electron chi connectivity index (χ2n) is 4.60. The number of carboxylic acid groups (broad SMARTS) is 1. The van der Waals surface area contributed by atoms with Gasteiger partial charge in [0.25, 0.3) is 0 Å². The highest BCUT2D eigenvalue weighted by Gasteiger charge is 2.32. The Morgan fingerprint density at radius 3 is 2.53 bits per heavy atom. The Bertz CT molecular complexity index is 476. The van der Waals surface area contributed by atoms with Crippen LogP contribution < -0.4 is 0 Å². The topological polar surface area (TPSA) is 56.7 Å². The first kappa shape index (κ1) is 14.9. The van der Waals surface area contributed by atoms with E-state index in [1.807, 2.05) is 18.0 Å². The van der Waals surface area contributed by atoms with Gasteiger partial charge in [-0.25, -0.2) is 0 Å². The quantitative estimate of drug-likeness (QED) is 0.852. The first-order chi connectivity index (χ1) is 8.99. The van der Waals surface area contributed by atoms with E-state index in [4.69, 9.17) is 0 Å². The Morgan fingerprint density at radius 2 is 2.00 bits per heavy atom. The lowest BCUT2D eigenvalue weighted by Crippen LogP contribution is -2.48. The van der Waals surface area contributed by atoms with Gasteiger partial charge in [-0.3, -0.25) is 14.7 Å². The molecule has 1 saturated heterocycles. The Hall–Kier alpha value is -0.500. The maximum Gasteiger partial charge on any atom is 0.327 e. The Labute approximate surface area is 128 Å². The highest BCUT2D eigenvalue weighted by atomic mass is 79.9. The number of hydrogen-bond acceptors (Lipinski definition) is 4. The van der Waals surface area contributed by atoms with Crippen molar-refractivity contribution in [2.45, 2.75) is 6.04 Å². The van der Waals surface area contributed by atoms with Crippen LogP contribution in [0.15, 0.2) is 21.2 Å². The number of pyridine rings is 1. The molecular formula is C12H15Br2N3O2. The van der Waals surface area contributed by atoms with Crippen molar-refractivity contribution in [1.29, 1.82) is 0 Å². The molecule has 1 unspecified atom stereocenters. The number of rotatable bonds is 3. The second kappa shape index (κ2) is 6.30. The fourth-order valence-electron chi connectivity index (χ4n) is 2.15. The summed E-state index contributed by atoms with van der Waals surface area (Å²) in [5.41, 5.74) is 0.556. The standard InChI is InChI=1S/C12H15Br2N3O2/c1-16-2-4-17(5-3-16)11(12(18)19)10-9(14)6-8(13)7-15-10/h6-7,11H,2-5H2,1H3,(H,18,19). The molecule has 0 aliphatic carbocycles. The minimum atomic E-state index is -0.861. The van der Waals surface area contributed by atoms with Crippen LogP contribution in [0.25, 0.3) is 0 Å². The summed E-state index contributed by atoms with van der Waals surface area (Å²) in [4.78, 5) is 20.0. The van der Waals surface area contributed by atoms with E-state index in [-0.39, 0.29) is 0 Å². The average Bonchev–Trinajstić information content (AvgIpc) is 2.34. The molecule has 0 bridgehead atoms. The van der Waals surface area contributed by atoms with Gasteiger partial charge in [0.15, 0.2) is 6.04 Å². The third kappa shape index (κ3) is 3.53. The predicted molar refractivity (Wildman–Crippen MR) is 79.1 cm³/mol. The molecule has 1 aliphatic heterocycles. The molecule has 0 saturated carbocycles. The van der Waals surface area contributed by atoms with E-state index in [9.17, 15) is 9.90 Å². The molecule has 0 radical (unpaired) electrons. The smallest absolute Gasteiger partial charge is 0.327 e. The number of aliphatic carboxylic acids is 1. The van der Waals surface area contributed by atoms with Crippen molar-refractivity contribution in [3.8, 4) is 0 Å². The summed E-state index contributed by atoms with van der Waals surface area (Å²) >= 11 is 6.73. The van der Waals surface area contributed by atoms with Gasteiger partial charge in [-0.05, 0) is 45.0 Å². The summed E-state index contributed by atoms with van der Waals surface area (Å²) in [5.74, 6) is -0.861. The lowest BCUT2D eigenvalue weighted by atomic mass is 10.1. The minimum Gasteiger partial charge on any atom is -0.480 e. The fraction of sp³-hybridized carbons (Fsp3) is 0.500. The summed E-state index contributed by atoms with van der Waals surface area (Å²) in [7, 11) is 2.04. The zero-order chi connectivity index (χ0) is 14.0. The van der Waals surface area contributed by atoms with Crippen molar-refractivity contribution in [2.75, 3.05) is 33.2 Å². The summed E-state index contributed by atoms with van der Waals surface area (Å²) in [6, 6.07) is 1.13. The molecule has 104 valence electrons. The number of nitrogens with zero attached hydrogens (tertiary/aromatic N) is 3. The van der Waals surface area contributed by atoms with Gasteiger partial charge in [0, 0.05) is 41.3 Å². The normalized spacial score (nSPS) is 19.3. The van der Waals surface area contributed by atoms with Crippen LogP contribution in [-0.4, -0.2) is 59.1 Å². The highest BCUT2D eigenvalue weighted by Crippen LogP contribution is 2.29.